The summed E-state index contributed by atoms with van der Waals surface area (Å²) in [7, 11) is 0. The fourth-order valence-electron chi connectivity index (χ4n) is 2.33. The first-order valence-corrected chi connectivity index (χ1v) is 6.79. The molecular weight excluding hydrogens is 284 g/mol. The number of hydrogen-bond acceptors (Lipinski definition) is 4. The second-order valence-electron chi connectivity index (χ2n) is 4.85. The fourth-order valence-corrected chi connectivity index (χ4v) is 2.59. The number of rotatable bonds is 3. The van der Waals surface area contributed by atoms with Crippen LogP contribution in [0.2, 0.25) is 5.02 Å². The summed E-state index contributed by atoms with van der Waals surface area (Å²) in [6, 6.07) is 3.42. The van der Waals surface area contributed by atoms with E-state index in [-0.39, 0.29) is 22.3 Å². The van der Waals surface area contributed by atoms with Crippen LogP contribution in [-0.4, -0.2) is 28.1 Å². The van der Waals surface area contributed by atoms with E-state index in [0.717, 1.165) is 25.3 Å². The Bertz CT molecular complexity index is 535. The number of benzene rings is 1. The number of non-ortho nitro benzene ring substituents is 1. The zero-order chi connectivity index (χ0) is 14.7. The molecule has 1 aromatic rings. The topological polar surface area (TPSA) is 92.5 Å². The first-order valence-electron chi connectivity index (χ1n) is 6.42. The minimum absolute atomic E-state index is 0.0296. The zero-order valence-corrected chi connectivity index (χ0v) is 11.5. The Balaban J connectivity index is 2.11. The minimum Gasteiger partial charge on any atom is -0.391 e. The lowest BCUT2D eigenvalue weighted by atomic mass is 9.92. The Hall–Kier alpha value is -1.66. The van der Waals surface area contributed by atoms with Crippen molar-refractivity contribution >= 4 is 23.2 Å². The molecule has 2 rings (SSSR count). The maximum atomic E-state index is 12.1. The van der Waals surface area contributed by atoms with E-state index in [1.807, 2.05) is 0 Å². The predicted molar refractivity (Wildman–Crippen MR) is 73.8 cm³/mol. The number of carbonyl (C=O) groups is 1. The van der Waals surface area contributed by atoms with Crippen LogP contribution in [0.4, 0.5) is 5.69 Å². The van der Waals surface area contributed by atoms with Crippen molar-refractivity contribution < 1.29 is 14.8 Å². The van der Waals surface area contributed by atoms with Gasteiger partial charge >= 0.3 is 0 Å². The third-order valence-electron chi connectivity index (χ3n) is 3.45. The third-order valence-corrected chi connectivity index (χ3v) is 3.77. The highest BCUT2D eigenvalue weighted by atomic mass is 35.5. The molecule has 7 heteroatoms. The van der Waals surface area contributed by atoms with Crippen LogP contribution in [0.3, 0.4) is 0 Å². The first kappa shape index (κ1) is 14.7. The van der Waals surface area contributed by atoms with Gasteiger partial charge in [0.15, 0.2) is 0 Å². The van der Waals surface area contributed by atoms with Crippen LogP contribution in [0, 0.1) is 10.1 Å². The number of nitrogens with one attached hydrogen (secondary N) is 1. The summed E-state index contributed by atoms with van der Waals surface area (Å²) in [4.78, 5) is 22.1. The predicted octanol–water partition coefficient (Wildman–Crippen LogP) is 2.28. The molecule has 2 unspecified atom stereocenters. The van der Waals surface area contributed by atoms with Gasteiger partial charge in [0.05, 0.1) is 27.7 Å². The minimum atomic E-state index is -0.571. The molecule has 6 nitrogen and oxygen atoms in total. The van der Waals surface area contributed by atoms with Crippen molar-refractivity contribution in [2.24, 2.45) is 0 Å². The number of nitrogens with zero attached hydrogens (tertiary/aromatic N) is 1. The Labute approximate surface area is 120 Å². The van der Waals surface area contributed by atoms with Crippen molar-refractivity contribution in [1.29, 1.82) is 0 Å². The lowest BCUT2D eigenvalue weighted by Crippen LogP contribution is -2.45. The summed E-state index contributed by atoms with van der Waals surface area (Å²) >= 11 is 5.89. The molecule has 0 saturated heterocycles. The Kier molecular flexibility index (Phi) is 4.57. The van der Waals surface area contributed by atoms with Gasteiger partial charge in [-0.05, 0) is 18.9 Å². The van der Waals surface area contributed by atoms with Crippen molar-refractivity contribution in [2.45, 2.75) is 37.8 Å². The number of amides is 1. The molecule has 1 aliphatic carbocycles. The molecule has 2 N–H and O–H groups in total. The van der Waals surface area contributed by atoms with Crippen molar-refractivity contribution in [1.82, 2.24) is 5.32 Å². The van der Waals surface area contributed by atoms with E-state index in [0.29, 0.717) is 6.42 Å². The van der Waals surface area contributed by atoms with Gasteiger partial charge in [-0.1, -0.05) is 24.4 Å². The van der Waals surface area contributed by atoms with Crippen molar-refractivity contribution in [3.8, 4) is 0 Å². The lowest BCUT2D eigenvalue weighted by Gasteiger charge is -2.28. The molecule has 2 atom stereocenters. The van der Waals surface area contributed by atoms with E-state index >= 15 is 0 Å². The molecule has 1 fully saturated rings. The standard InChI is InChI=1S/C13H15ClN2O4/c14-10-7-8(16(19)20)5-6-9(10)13(18)15-11-3-1-2-4-12(11)17/h5-7,11-12,17H,1-4H2,(H,15,18). The fraction of sp³-hybridized carbons (Fsp3) is 0.462. The molecule has 0 bridgehead atoms. The van der Waals surface area contributed by atoms with Crippen molar-refractivity contribution in [3.63, 3.8) is 0 Å². The Morgan fingerprint density at radius 1 is 1.40 bits per heavy atom. The number of hydrogen-bond donors (Lipinski definition) is 2. The first-order chi connectivity index (χ1) is 9.49. The van der Waals surface area contributed by atoms with Crippen LogP contribution >= 0.6 is 11.6 Å². The number of nitro benzene ring substituents is 1. The zero-order valence-electron chi connectivity index (χ0n) is 10.7. The Morgan fingerprint density at radius 3 is 2.70 bits per heavy atom. The van der Waals surface area contributed by atoms with Crippen LogP contribution < -0.4 is 5.32 Å². The van der Waals surface area contributed by atoms with E-state index in [4.69, 9.17) is 11.6 Å². The second-order valence-corrected chi connectivity index (χ2v) is 5.26. The summed E-state index contributed by atoms with van der Waals surface area (Å²) in [6.07, 6.45) is 2.74. The molecule has 108 valence electrons. The number of halogens is 1. The molecule has 1 amide bonds. The summed E-state index contributed by atoms with van der Waals surface area (Å²) in [5.41, 5.74) is 0.0132. The smallest absolute Gasteiger partial charge is 0.270 e. The highest BCUT2D eigenvalue weighted by Gasteiger charge is 2.25. The molecule has 0 spiro atoms. The van der Waals surface area contributed by atoms with E-state index < -0.39 is 16.9 Å². The molecule has 1 aliphatic rings. The molecule has 1 aromatic carbocycles. The summed E-state index contributed by atoms with van der Waals surface area (Å²) in [5.74, 6) is -0.421. The SMILES string of the molecule is O=C(NC1CCCCC1O)c1ccc([N+](=O)[O-])cc1Cl. The molecule has 20 heavy (non-hydrogen) atoms. The van der Waals surface area contributed by atoms with E-state index in [1.54, 1.807) is 0 Å². The summed E-state index contributed by atoms with van der Waals surface area (Å²) in [6.45, 7) is 0. The van der Waals surface area contributed by atoms with Gasteiger partial charge in [-0.3, -0.25) is 14.9 Å². The van der Waals surface area contributed by atoms with Crippen LogP contribution in [0.25, 0.3) is 0 Å². The second kappa shape index (κ2) is 6.19. The van der Waals surface area contributed by atoms with Crippen LogP contribution in [-0.2, 0) is 0 Å². The van der Waals surface area contributed by atoms with Gasteiger partial charge < -0.3 is 10.4 Å². The number of aliphatic hydroxyl groups excluding tert-OH is 1. The van der Waals surface area contributed by atoms with E-state index in [1.165, 1.54) is 12.1 Å². The highest BCUT2D eigenvalue weighted by molar-refractivity contribution is 6.34. The maximum absolute atomic E-state index is 12.1. The number of carbonyl (C=O) groups excluding carboxylic acids is 1. The highest BCUT2D eigenvalue weighted by Crippen LogP contribution is 2.24. The normalized spacial score (nSPS) is 22.3. The van der Waals surface area contributed by atoms with E-state index in [2.05, 4.69) is 5.32 Å². The molecule has 0 heterocycles. The molecule has 0 aromatic heterocycles. The van der Waals surface area contributed by atoms with Gasteiger partial charge in [0.1, 0.15) is 0 Å². The lowest BCUT2D eigenvalue weighted by molar-refractivity contribution is -0.384. The average Bonchev–Trinajstić information content (AvgIpc) is 2.41. The third kappa shape index (κ3) is 3.26. The van der Waals surface area contributed by atoms with E-state index in [9.17, 15) is 20.0 Å². The van der Waals surface area contributed by atoms with Crippen LogP contribution in [0.1, 0.15) is 36.0 Å². The molecular formula is C13H15ClN2O4. The van der Waals surface area contributed by atoms with Gasteiger partial charge in [0.2, 0.25) is 0 Å². The summed E-state index contributed by atoms with van der Waals surface area (Å²) < 4.78 is 0. The Morgan fingerprint density at radius 2 is 2.10 bits per heavy atom. The van der Waals surface area contributed by atoms with Crippen LogP contribution in [0.15, 0.2) is 18.2 Å². The monoisotopic (exact) mass is 298 g/mol. The number of nitro groups is 1. The van der Waals surface area contributed by atoms with Gasteiger partial charge in [-0.25, -0.2) is 0 Å². The molecule has 0 aliphatic heterocycles. The van der Waals surface area contributed by atoms with Gasteiger partial charge in [-0.15, -0.1) is 0 Å². The number of aliphatic hydroxyl groups is 1. The van der Waals surface area contributed by atoms with Crippen molar-refractivity contribution in [3.05, 3.63) is 38.9 Å². The van der Waals surface area contributed by atoms with Gasteiger partial charge in [0.25, 0.3) is 11.6 Å². The van der Waals surface area contributed by atoms with Crippen LogP contribution in [0.5, 0.6) is 0 Å². The average molecular weight is 299 g/mol. The summed E-state index contributed by atoms with van der Waals surface area (Å²) in [5, 5.41) is 23.2. The maximum Gasteiger partial charge on any atom is 0.270 e. The quantitative estimate of drug-likeness (QED) is 0.661. The molecule has 1 saturated carbocycles. The van der Waals surface area contributed by atoms with Gasteiger partial charge in [0, 0.05) is 12.1 Å². The largest absolute Gasteiger partial charge is 0.391 e. The van der Waals surface area contributed by atoms with Crippen molar-refractivity contribution in [2.75, 3.05) is 0 Å². The molecule has 0 radical (unpaired) electrons. The van der Waals surface area contributed by atoms with Gasteiger partial charge in [-0.2, -0.15) is 0 Å².